The highest BCUT2D eigenvalue weighted by molar-refractivity contribution is 5.27. The standard InChI is InChI=1S/C15H25NO/c1-4-6-14-7-9-15(10-8-14)17-12-11-16-13(3)5-2/h7-10,13,16H,4-6,11-12H2,1-3H3. The lowest BCUT2D eigenvalue weighted by atomic mass is 10.1. The zero-order valence-corrected chi connectivity index (χ0v) is 11.3. The fraction of sp³-hybridized carbons (Fsp3) is 0.600. The molecule has 0 aliphatic heterocycles. The van der Waals surface area contributed by atoms with Crippen LogP contribution in [0.4, 0.5) is 0 Å². The molecule has 0 radical (unpaired) electrons. The van der Waals surface area contributed by atoms with E-state index in [1.807, 2.05) is 0 Å². The fourth-order valence-corrected chi connectivity index (χ4v) is 1.66. The Morgan fingerprint density at radius 3 is 2.47 bits per heavy atom. The maximum absolute atomic E-state index is 5.67. The van der Waals surface area contributed by atoms with Gasteiger partial charge < -0.3 is 10.1 Å². The van der Waals surface area contributed by atoms with Gasteiger partial charge in [-0.3, -0.25) is 0 Å². The molecule has 0 spiro atoms. The van der Waals surface area contributed by atoms with Crippen LogP contribution in [0.1, 0.15) is 39.2 Å². The van der Waals surface area contributed by atoms with E-state index in [9.17, 15) is 0 Å². The Morgan fingerprint density at radius 1 is 1.18 bits per heavy atom. The van der Waals surface area contributed by atoms with Gasteiger partial charge in [0.1, 0.15) is 12.4 Å². The molecule has 1 aromatic rings. The minimum atomic E-state index is 0.575. The quantitative estimate of drug-likeness (QED) is 0.697. The van der Waals surface area contributed by atoms with Crippen LogP contribution in [-0.2, 0) is 6.42 Å². The van der Waals surface area contributed by atoms with Crippen molar-refractivity contribution in [2.24, 2.45) is 0 Å². The smallest absolute Gasteiger partial charge is 0.119 e. The highest BCUT2D eigenvalue weighted by Gasteiger charge is 1.97. The Labute approximate surface area is 105 Å². The molecular formula is C15H25NO. The topological polar surface area (TPSA) is 21.3 Å². The van der Waals surface area contributed by atoms with Gasteiger partial charge in [-0.2, -0.15) is 0 Å². The predicted octanol–water partition coefficient (Wildman–Crippen LogP) is 3.41. The van der Waals surface area contributed by atoms with Gasteiger partial charge in [0.15, 0.2) is 0 Å². The van der Waals surface area contributed by atoms with Crippen LogP contribution >= 0.6 is 0 Å². The van der Waals surface area contributed by atoms with Crippen LogP contribution < -0.4 is 10.1 Å². The summed E-state index contributed by atoms with van der Waals surface area (Å²) in [7, 11) is 0. The summed E-state index contributed by atoms with van der Waals surface area (Å²) in [4.78, 5) is 0. The first kappa shape index (κ1) is 14.0. The molecule has 0 saturated carbocycles. The van der Waals surface area contributed by atoms with Crippen molar-refractivity contribution >= 4 is 0 Å². The van der Waals surface area contributed by atoms with E-state index in [1.54, 1.807) is 0 Å². The van der Waals surface area contributed by atoms with Crippen molar-refractivity contribution in [3.8, 4) is 5.75 Å². The van der Waals surface area contributed by atoms with E-state index in [4.69, 9.17) is 4.74 Å². The monoisotopic (exact) mass is 235 g/mol. The lowest BCUT2D eigenvalue weighted by Gasteiger charge is -2.12. The van der Waals surface area contributed by atoms with Crippen molar-refractivity contribution in [2.45, 2.75) is 46.1 Å². The third kappa shape index (κ3) is 5.73. The van der Waals surface area contributed by atoms with Gasteiger partial charge in [-0.15, -0.1) is 0 Å². The average molecular weight is 235 g/mol. The molecule has 1 atom stereocenters. The van der Waals surface area contributed by atoms with Crippen LogP contribution in [0.2, 0.25) is 0 Å². The fourth-order valence-electron chi connectivity index (χ4n) is 1.66. The van der Waals surface area contributed by atoms with E-state index >= 15 is 0 Å². The zero-order valence-electron chi connectivity index (χ0n) is 11.3. The summed E-state index contributed by atoms with van der Waals surface area (Å²) in [6, 6.07) is 9.01. The van der Waals surface area contributed by atoms with E-state index in [2.05, 4.69) is 50.4 Å². The van der Waals surface area contributed by atoms with E-state index in [1.165, 1.54) is 12.0 Å². The van der Waals surface area contributed by atoms with E-state index < -0.39 is 0 Å². The average Bonchev–Trinajstić information content (AvgIpc) is 2.36. The third-order valence-electron chi connectivity index (χ3n) is 2.94. The molecule has 0 saturated heterocycles. The van der Waals surface area contributed by atoms with E-state index in [0.29, 0.717) is 6.04 Å². The molecule has 1 rings (SSSR count). The molecule has 0 heterocycles. The summed E-state index contributed by atoms with van der Waals surface area (Å²) in [5.41, 5.74) is 1.39. The summed E-state index contributed by atoms with van der Waals surface area (Å²) < 4.78 is 5.67. The molecule has 1 aromatic carbocycles. The molecule has 0 aliphatic carbocycles. The van der Waals surface area contributed by atoms with Crippen LogP contribution in [0.3, 0.4) is 0 Å². The van der Waals surface area contributed by atoms with Crippen LogP contribution in [-0.4, -0.2) is 19.2 Å². The number of hydrogen-bond acceptors (Lipinski definition) is 2. The first-order valence-corrected chi connectivity index (χ1v) is 6.71. The molecule has 17 heavy (non-hydrogen) atoms. The minimum Gasteiger partial charge on any atom is -0.492 e. The molecule has 0 bridgehead atoms. The molecule has 96 valence electrons. The van der Waals surface area contributed by atoms with Crippen molar-refractivity contribution in [3.05, 3.63) is 29.8 Å². The second-order valence-corrected chi connectivity index (χ2v) is 4.51. The highest BCUT2D eigenvalue weighted by atomic mass is 16.5. The van der Waals surface area contributed by atoms with E-state index in [-0.39, 0.29) is 0 Å². The van der Waals surface area contributed by atoms with Gasteiger partial charge >= 0.3 is 0 Å². The van der Waals surface area contributed by atoms with Crippen molar-refractivity contribution in [1.29, 1.82) is 0 Å². The molecule has 1 unspecified atom stereocenters. The van der Waals surface area contributed by atoms with Crippen LogP contribution in [0, 0.1) is 0 Å². The molecule has 1 N–H and O–H groups in total. The van der Waals surface area contributed by atoms with Crippen LogP contribution in [0.5, 0.6) is 5.75 Å². The maximum Gasteiger partial charge on any atom is 0.119 e. The number of nitrogens with one attached hydrogen (secondary N) is 1. The van der Waals surface area contributed by atoms with Gasteiger partial charge in [-0.1, -0.05) is 32.4 Å². The molecular weight excluding hydrogens is 210 g/mol. The molecule has 2 heteroatoms. The zero-order chi connectivity index (χ0) is 12.5. The summed E-state index contributed by atoms with van der Waals surface area (Å²) in [5, 5.41) is 3.41. The van der Waals surface area contributed by atoms with Crippen molar-refractivity contribution < 1.29 is 4.74 Å². The third-order valence-corrected chi connectivity index (χ3v) is 2.94. The van der Waals surface area contributed by atoms with Gasteiger partial charge in [0.05, 0.1) is 0 Å². The van der Waals surface area contributed by atoms with Gasteiger partial charge in [0, 0.05) is 12.6 Å². The van der Waals surface area contributed by atoms with Gasteiger partial charge in [0.2, 0.25) is 0 Å². The number of hydrogen-bond donors (Lipinski definition) is 1. The first-order valence-electron chi connectivity index (χ1n) is 6.71. The Kier molecular flexibility index (Phi) is 6.71. The van der Waals surface area contributed by atoms with E-state index in [0.717, 1.165) is 31.7 Å². The second-order valence-electron chi connectivity index (χ2n) is 4.51. The Balaban J connectivity index is 2.23. The normalized spacial score (nSPS) is 12.4. The van der Waals surface area contributed by atoms with Crippen molar-refractivity contribution in [1.82, 2.24) is 5.32 Å². The predicted molar refractivity (Wildman–Crippen MR) is 73.7 cm³/mol. The van der Waals surface area contributed by atoms with Crippen molar-refractivity contribution in [2.75, 3.05) is 13.2 Å². The highest BCUT2D eigenvalue weighted by Crippen LogP contribution is 2.13. The van der Waals surface area contributed by atoms with Gasteiger partial charge in [-0.25, -0.2) is 0 Å². The number of ether oxygens (including phenoxy) is 1. The summed E-state index contributed by atoms with van der Waals surface area (Å²) in [6.45, 7) is 8.22. The number of aryl methyl sites for hydroxylation is 1. The Hall–Kier alpha value is -1.02. The second kappa shape index (κ2) is 8.13. The summed E-state index contributed by atoms with van der Waals surface area (Å²) in [6.07, 6.45) is 3.50. The lowest BCUT2D eigenvalue weighted by Crippen LogP contribution is -2.29. The SMILES string of the molecule is CCCc1ccc(OCCNC(C)CC)cc1. The summed E-state index contributed by atoms with van der Waals surface area (Å²) in [5.74, 6) is 0.968. The molecule has 2 nitrogen and oxygen atoms in total. The van der Waals surface area contributed by atoms with Gasteiger partial charge in [-0.05, 0) is 37.5 Å². The maximum atomic E-state index is 5.67. The largest absolute Gasteiger partial charge is 0.492 e. The minimum absolute atomic E-state index is 0.575. The van der Waals surface area contributed by atoms with Crippen LogP contribution in [0.15, 0.2) is 24.3 Å². The Morgan fingerprint density at radius 2 is 1.88 bits per heavy atom. The lowest BCUT2D eigenvalue weighted by molar-refractivity contribution is 0.306. The molecule has 0 aromatic heterocycles. The van der Waals surface area contributed by atoms with Crippen molar-refractivity contribution in [3.63, 3.8) is 0 Å². The summed E-state index contributed by atoms with van der Waals surface area (Å²) >= 11 is 0. The molecule has 0 fully saturated rings. The number of benzene rings is 1. The molecule has 0 aliphatic rings. The first-order chi connectivity index (χ1) is 8.26. The Bertz CT molecular complexity index is 294. The molecule has 0 amide bonds. The van der Waals surface area contributed by atoms with Crippen LogP contribution in [0.25, 0.3) is 0 Å². The van der Waals surface area contributed by atoms with Gasteiger partial charge in [0.25, 0.3) is 0 Å². The number of rotatable bonds is 8.